The Hall–Kier alpha value is -2.21. The number of carbonyl (C=O) groups is 2. The van der Waals surface area contributed by atoms with Crippen LogP contribution in [-0.4, -0.2) is 24.5 Å². The van der Waals surface area contributed by atoms with Gasteiger partial charge in [0, 0.05) is 4.88 Å². The van der Waals surface area contributed by atoms with Crippen LogP contribution in [0, 0.1) is 5.82 Å². The van der Waals surface area contributed by atoms with Crippen molar-refractivity contribution in [3.8, 4) is 10.4 Å². The molecule has 1 N–H and O–H groups in total. The van der Waals surface area contributed by atoms with Crippen LogP contribution in [0.15, 0.2) is 36.4 Å². The quantitative estimate of drug-likeness (QED) is 0.832. The molecule has 2 aromatic rings. The normalized spacial score (nSPS) is 16.2. The van der Waals surface area contributed by atoms with E-state index >= 15 is 0 Å². The largest absolute Gasteiger partial charge is 0.467 e. The first-order valence-electron chi connectivity index (χ1n) is 8.31. The molecule has 1 amide bonds. The Morgan fingerprint density at radius 1 is 1.08 bits per heavy atom. The molecule has 3 rings (SSSR count). The number of methoxy groups -OCH3 is 1. The number of esters is 1. The summed E-state index contributed by atoms with van der Waals surface area (Å²) in [6.07, 6.45) is 4.03. The molecule has 1 aromatic heterocycles. The van der Waals surface area contributed by atoms with E-state index in [0.29, 0.717) is 17.7 Å². The molecule has 6 heteroatoms. The number of ether oxygens (including phenoxy) is 1. The average Bonchev–Trinajstić information content (AvgIpc) is 3.12. The van der Waals surface area contributed by atoms with E-state index in [-0.39, 0.29) is 17.7 Å². The number of amides is 1. The van der Waals surface area contributed by atoms with E-state index in [4.69, 9.17) is 4.74 Å². The molecule has 1 fully saturated rings. The van der Waals surface area contributed by atoms with Crippen LogP contribution in [0.4, 0.5) is 4.39 Å². The van der Waals surface area contributed by atoms with Gasteiger partial charge in [-0.3, -0.25) is 4.79 Å². The highest BCUT2D eigenvalue weighted by atomic mass is 32.1. The number of carbonyl (C=O) groups excluding carboxylic acids is 2. The topological polar surface area (TPSA) is 55.4 Å². The third-order valence-electron chi connectivity index (χ3n) is 4.59. The average molecular weight is 361 g/mol. The van der Waals surface area contributed by atoms with E-state index < -0.39 is 5.54 Å². The summed E-state index contributed by atoms with van der Waals surface area (Å²) in [4.78, 5) is 26.3. The predicted molar refractivity (Wildman–Crippen MR) is 95.0 cm³/mol. The fourth-order valence-electron chi connectivity index (χ4n) is 3.24. The van der Waals surface area contributed by atoms with Crippen molar-refractivity contribution in [2.24, 2.45) is 0 Å². The molecule has 0 unspecified atom stereocenters. The summed E-state index contributed by atoms with van der Waals surface area (Å²) in [5, 5.41) is 2.91. The number of rotatable bonds is 4. The number of hydrogen-bond acceptors (Lipinski definition) is 4. The van der Waals surface area contributed by atoms with Gasteiger partial charge in [0.2, 0.25) is 0 Å². The van der Waals surface area contributed by atoms with E-state index in [2.05, 4.69) is 5.32 Å². The van der Waals surface area contributed by atoms with Crippen molar-refractivity contribution in [1.82, 2.24) is 5.32 Å². The van der Waals surface area contributed by atoms with Crippen molar-refractivity contribution < 1.29 is 18.7 Å². The summed E-state index contributed by atoms with van der Waals surface area (Å²) in [5.74, 6) is -0.947. The number of benzene rings is 1. The Morgan fingerprint density at radius 2 is 1.76 bits per heavy atom. The second kappa shape index (κ2) is 7.35. The Morgan fingerprint density at radius 3 is 2.40 bits per heavy atom. The van der Waals surface area contributed by atoms with Crippen LogP contribution < -0.4 is 5.32 Å². The van der Waals surface area contributed by atoms with Gasteiger partial charge in [0.25, 0.3) is 5.91 Å². The summed E-state index contributed by atoms with van der Waals surface area (Å²) in [5.41, 5.74) is -0.0739. The van der Waals surface area contributed by atoms with Gasteiger partial charge in [-0.25, -0.2) is 9.18 Å². The molecule has 0 saturated heterocycles. The minimum Gasteiger partial charge on any atom is -0.467 e. The van der Waals surface area contributed by atoms with Crippen molar-refractivity contribution in [1.29, 1.82) is 0 Å². The van der Waals surface area contributed by atoms with Gasteiger partial charge in [-0.15, -0.1) is 11.3 Å². The summed E-state index contributed by atoms with van der Waals surface area (Å²) in [7, 11) is 1.35. The third-order valence-corrected chi connectivity index (χ3v) is 5.73. The smallest absolute Gasteiger partial charge is 0.331 e. The minimum absolute atomic E-state index is 0.273. The standard InChI is InChI=1S/C19H20FNO3S/c1-24-18(23)19(11-3-2-4-12-19)21-17(22)16-10-9-15(25-16)13-5-7-14(20)8-6-13/h5-10H,2-4,11-12H2,1H3,(H,21,22). The first-order valence-corrected chi connectivity index (χ1v) is 9.12. The third kappa shape index (κ3) is 3.74. The van der Waals surface area contributed by atoms with Crippen LogP contribution in [0.5, 0.6) is 0 Å². The highest BCUT2D eigenvalue weighted by Gasteiger charge is 2.42. The van der Waals surface area contributed by atoms with Crippen LogP contribution in [0.25, 0.3) is 10.4 Å². The molecule has 4 nitrogen and oxygen atoms in total. The van der Waals surface area contributed by atoms with Gasteiger partial charge in [0.15, 0.2) is 0 Å². The Bertz CT molecular complexity index is 763. The molecule has 1 heterocycles. The molecule has 1 saturated carbocycles. The summed E-state index contributed by atoms with van der Waals surface area (Å²) < 4.78 is 18.0. The molecular formula is C19H20FNO3S. The highest BCUT2D eigenvalue weighted by molar-refractivity contribution is 7.17. The Kier molecular flexibility index (Phi) is 5.18. The Balaban J connectivity index is 1.78. The fraction of sp³-hybridized carbons (Fsp3) is 0.368. The number of nitrogens with one attached hydrogen (secondary N) is 1. The van der Waals surface area contributed by atoms with Crippen LogP contribution in [0.1, 0.15) is 41.8 Å². The molecule has 1 aliphatic rings. The fourth-order valence-corrected chi connectivity index (χ4v) is 4.15. The lowest BCUT2D eigenvalue weighted by atomic mass is 9.81. The maximum absolute atomic E-state index is 13.0. The van der Waals surface area contributed by atoms with E-state index in [1.807, 2.05) is 6.07 Å². The number of hydrogen-bond donors (Lipinski definition) is 1. The van der Waals surface area contributed by atoms with Crippen molar-refractivity contribution in [2.45, 2.75) is 37.6 Å². The maximum atomic E-state index is 13.0. The first kappa shape index (κ1) is 17.6. The maximum Gasteiger partial charge on any atom is 0.331 e. The summed E-state index contributed by atoms with van der Waals surface area (Å²) in [6, 6.07) is 9.71. The van der Waals surface area contributed by atoms with Crippen LogP contribution in [0.3, 0.4) is 0 Å². The van der Waals surface area contributed by atoms with Gasteiger partial charge < -0.3 is 10.1 Å². The lowest BCUT2D eigenvalue weighted by molar-refractivity contribution is -0.149. The predicted octanol–water partition coefficient (Wildman–Crippen LogP) is 4.16. The van der Waals surface area contributed by atoms with Crippen molar-refractivity contribution in [2.75, 3.05) is 7.11 Å². The summed E-state index contributed by atoms with van der Waals surface area (Å²) in [6.45, 7) is 0. The van der Waals surface area contributed by atoms with E-state index in [1.165, 1.54) is 30.6 Å². The van der Waals surface area contributed by atoms with Gasteiger partial charge in [-0.1, -0.05) is 31.4 Å². The molecule has 0 aliphatic heterocycles. The second-order valence-electron chi connectivity index (χ2n) is 6.26. The molecule has 0 spiro atoms. The lowest BCUT2D eigenvalue weighted by Crippen LogP contribution is -2.56. The first-order chi connectivity index (χ1) is 12.0. The summed E-state index contributed by atoms with van der Waals surface area (Å²) >= 11 is 1.32. The molecule has 0 bridgehead atoms. The molecule has 1 aromatic carbocycles. The number of thiophene rings is 1. The van der Waals surface area contributed by atoms with Crippen molar-refractivity contribution in [3.05, 3.63) is 47.1 Å². The van der Waals surface area contributed by atoms with E-state index in [1.54, 1.807) is 18.2 Å². The van der Waals surface area contributed by atoms with Crippen molar-refractivity contribution in [3.63, 3.8) is 0 Å². The van der Waals surface area contributed by atoms with Gasteiger partial charge >= 0.3 is 5.97 Å². The van der Waals surface area contributed by atoms with Gasteiger partial charge in [-0.05, 0) is 42.7 Å². The van der Waals surface area contributed by atoms with Crippen molar-refractivity contribution >= 4 is 23.2 Å². The van der Waals surface area contributed by atoms with Gasteiger partial charge in [0.1, 0.15) is 11.4 Å². The van der Waals surface area contributed by atoms with Gasteiger partial charge in [-0.2, -0.15) is 0 Å². The minimum atomic E-state index is -0.926. The molecule has 132 valence electrons. The van der Waals surface area contributed by atoms with E-state index in [0.717, 1.165) is 29.7 Å². The monoisotopic (exact) mass is 361 g/mol. The number of halogens is 1. The zero-order valence-electron chi connectivity index (χ0n) is 14.0. The molecular weight excluding hydrogens is 341 g/mol. The Labute approximate surface area is 150 Å². The molecule has 25 heavy (non-hydrogen) atoms. The van der Waals surface area contributed by atoms with Gasteiger partial charge in [0.05, 0.1) is 12.0 Å². The molecule has 0 atom stereocenters. The highest BCUT2D eigenvalue weighted by Crippen LogP contribution is 2.32. The molecule has 1 aliphatic carbocycles. The molecule has 0 radical (unpaired) electrons. The van der Waals surface area contributed by atoms with Crippen LogP contribution in [0.2, 0.25) is 0 Å². The lowest BCUT2D eigenvalue weighted by Gasteiger charge is -2.35. The second-order valence-corrected chi connectivity index (χ2v) is 7.34. The zero-order chi connectivity index (χ0) is 17.9. The zero-order valence-corrected chi connectivity index (χ0v) is 14.8. The van der Waals surface area contributed by atoms with Crippen LogP contribution in [-0.2, 0) is 9.53 Å². The van der Waals surface area contributed by atoms with E-state index in [9.17, 15) is 14.0 Å². The van der Waals surface area contributed by atoms with Crippen LogP contribution >= 0.6 is 11.3 Å². The SMILES string of the molecule is COC(=O)C1(NC(=O)c2ccc(-c3ccc(F)cc3)s2)CCCCC1.